The molecule has 146 valence electrons. The lowest BCUT2D eigenvalue weighted by Gasteiger charge is -2.31. The fourth-order valence-electron chi connectivity index (χ4n) is 4.17. The van der Waals surface area contributed by atoms with Gasteiger partial charge in [0.2, 0.25) is 0 Å². The van der Waals surface area contributed by atoms with Crippen molar-refractivity contribution in [2.75, 3.05) is 14.1 Å². The molecule has 0 saturated heterocycles. The number of hydrogen-bond donors (Lipinski definition) is 0. The van der Waals surface area contributed by atoms with Crippen molar-refractivity contribution < 1.29 is 9.21 Å². The first-order valence-corrected chi connectivity index (χ1v) is 10.0. The van der Waals surface area contributed by atoms with Crippen LogP contribution >= 0.6 is 0 Å². The average molecular weight is 377 g/mol. The van der Waals surface area contributed by atoms with E-state index in [2.05, 4.69) is 35.0 Å². The molecule has 0 amide bonds. The highest BCUT2D eigenvalue weighted by Crippen LogP contribution is 2.29. The van der Waals surface area contributed by atoms with Crippen molar-refractivity contribution in [2.24, 2.45) is 5.92 Å². The predicted molar refractivity (Wildman–Crippen MR) is 110 cm³/mol. The third-order valence-electron chi connectivity index (χ3n) is 5.92. The Bertz CT molecular complexity index is 984. The molecule has 0 unspecified atom stereocenters. The second-order valence-corrected chi connectivity index (χ2v) is 8.09. The van der Waals surface area contributed by atoms with Gasteiger partial charge >= 0.3 is 0 Å². The molecule has 0 radical (unpaired) electrons. The summed E-state index contributed by atoms with van der Waals surface area (Å²) in [6.07, 6.45) is 8.21. The van der Waals surface area contributed by atoms with Gasteiger partial charge in [-0.2, -0.15) is 0 Å². The van der Waals surface area contributed by atoms with Crippen LogP contribution in [0.25, 0.3) is 22.1 Å². The van der Waals surface area contributed by atoms with Crippen molar-refractivity contribution in [1.82, 2.24) is 14.9 Å². The third-order valence-corrected chi connectivity index (χ3v) is 5.92. The van der Waals surface area contributed by atoms with Gasteiger partial charge in [-0.05, 0) is 57.3 Å². The monoisotopic (exact) mass is 377 g/mol. The zero-order chi connectivity index (χ0) is 19.7. The fourth-order valence-corrected chi connectivity index (χ4v) is 4.17. The highest BCUT2D eigenvalue weighted by atomic mass is 16.4. The average Bonchev–Trinajstić information content (AvgIpc) is 3.14. The number of carbonyl (C=O) groups excluding carboxylic acids is 1. The van der Waals surface area contributed by atoms with Crippen LogP contribution in [0.1, 0.15) is 37.3 Å². The van der Waals surface area contributed by atoms with Gasteiger partial charge < -0.3 is 9.32 Å². The molecule has 1 aromatic carbocycles. The van der Waals surface area contributed by atoms with E-state index >= 15 is 0 Å². The van der Waals surface area contributed by atoms with Crippen LogP contribution in [-0.2, 0) is 11.2 Å². The number of benzene rings is 1. The molecule has 3 aromatic rings. The standard InChI is InChI=1S/C23H27N3O2/c1-15-24-14-23(28-15)17-4-5-18-13-25-20(11-19(18)10-17)12-22(27)16-6-8-21(9-7-16)26(2)3/h4-5,10-11,13-14,16,21H,6-9,12H2,1-3H3. The van der Waals surface area contributed by atoms with E-state index < -0.39 is 0 Å². The summed E-state index contributed by atoms with van der Waals surface area (Å²) in [4.78, 5) is 23.8. The van der Waals surface area contributed by atoms with Gasteiger partial charge in [-0.25, -0.2) is 4.98 Å². The summed E-state index contributed by atoms with van der Waals surface area (Å²) in [5, 5.41) is 2.13. The summed E-state index contributed by atoms with van der Waals surface area (Å²) in [6.45, 7) is 1.84. The molecule has 1 aliphatic rings. The lowest BCUT2D eigenvalue weighted by molar-refractivity contribution is -0.123. The molecule has 5 heteroatoms. The first kappa shape index (κ1) is 18.8. The van der Waals surface area contributed by atoms with E-state index in [0.29, 0.717) is 24.1 Å². The maximum absolute atomic E-state index is 12.8. The number of aryl methyl sites for hydroxylation is 1. The summed E-state index contributed by atoms with van der Waals surface area (Å²) in [5.74, 6) is 1.91. The van der Waals surface area contributed by atoms with Crippen molar-refractivity contribution in [3.05, 3.63) is 48.2 Å². The molecule has 1 fully saturated rings. The molecule has 1 saturated carbocycles. The van der Waals surface area contributed by atoms with Crippen LogP contribution in [0.3, 0.4) is 0 Å². The lowest BCUT2D eigenvalue weighted by Crippen LogP contribution is -2.34. The quantitative estimate of drug-likeness (QED) is 0.658. The van der Waals surface area contributed by atoms with Crippen LogP contribution in [-0.4, -0.2) is 40.8 Å². The SMILES string of the molecule is Cc1ncc(-c2ccc3cnc(CC(=O)C4CCC(N(C)C)CC4)cc3c2)o1. The van der Waals surface area contributed by atoms with E-state index in [4.69, 9.17) is 4.42 Å². The number of rotatable bonds is 5. The van der Waals surface area contributed by atoms with Crippen molar-refractivity contribution >= 4 is 16.6 Å². The third kappa shape index (κ3) is 3.99. The Morgan fingerprint density at radius 3 is 2.54 bits per heavy atom. The van der Waals surface area contributed by atoms with E-state index in [9.17, 15) is 4.79 Å². The molecule has 1 aliphatic carbocycles. The molecule has 2 heterocycles. The Labute approximate surface area is 165 Å². The van der Waals surface area contributed by atoms with Crippen molar-refractivity contribution in [3.63, 3.8) is 0 Å². The zero-order valence-electron chi connectivity index (χ0n) is 16.8. The summed E-state index contributed by atoms with van der Waals surface area (Å²) < 4.78 is 5.63. The summed E-state index contributed by atoms with van der Waals surface area (Å²) in [7, 11) is 4.25. The largest absolute Gasteiger partial charge is 0.441 e. The van der Waals surface area contributed by atoms with Crippen LogP contribution in [0, 0.1) is 12.8 Å². The molecule has 0 N–H and O–H groups in total. The molecule has 0 bridgehead atoms. The Morgan fingerprint density at radius 2 is 1.86 bits per heavy atom. The van der Waals surface area contributed by atoms with Gasteiger partial charge in [-0.3, -0.25) is 9.78 Å². The predicted octanol–water partition coefficient (Wildman–Crippen LogP) is 4.43. The maximum Gasteiger partial charge on any atom is 0.191 e. The number of aromatic nitrogens is 2. The van der Waals surface area contributed by atoms with E-state index in [1.54, 1.807) is 6.20 Å². The minimum absolute atomic E-state index is 0.178. The van der Waals surface area contributed by atoms with Gasteiger partial charge in [-0.15, -0.1) is 0 Å². The Hall–Kier alpha value is -2.53. The maximum atomic E-state index is 12.8. The van der Waals surface area contributed by atoms with E-state index in [1.165, 1.54) is 0 Å². The van der Waals surface area contributed by atoms with Gasteiger partial charge in [0.1, 0.15) is 5.78 Å². The second kappa shape index (κ2) is 7.84. The number of oxazole rings is 1. The van der Waals surface area contributed by atoms with Crippen LogP contribution in [0.4, 0.5) is 0 Å². The molecule has 4 rings (SSSR count). The second-order valence-electron chi connectivity index (χ2n) is 8.09. The van der Waals surface area contributed by atoms with E-state index in [-0.39, 0.29) is 5.92 Å². The van der Waals surface area contributed by atoms with Crippen molar-refractivity contribution in [1.29, 1.82) is 0 Å². The molecule has 28 heavy (non-hydrogen) atoms. The molecule has 2 aromatic heterocycles. The van der Waals surface area contributed by atoms with Crippen LogP contribution in [0.2, 0.25) is 0 Å². The van der Waals surface area contributed by atoms with Gasteiger partial charge in [0, 0.05) is 48.1 Å². The normalized spacial score (nSPS) is 20.0. The van der Waals surface area contributed by atoms with Crippen LogP contribution < -0.4 is 0 Å². The Kier molecular flexibility index (Phi) is 5.27. The number of fused-ring (bicyclic) bond motifs is 1. The van der Waals surface area contributed by atoms with Crippen LogP contribution in [0.15, 0.2) is 41.1 Å². The van der Waals surface area contributed by atoms with E-state index in [0.717, 1.165) is 53.5 Å². The molecule has 0 spiro atoms. The minimum atomic E-state index is 0.178. The highest BCUT2D eigenvalue weighted by Gasteiger charge is 2.27. The van der Waals surface area contributed by atoms with Gasteiger partial charge in [0.05, 0.1) is 6.20 Å². The number of nitrogens with zero attached hydrogens (tertiary/aromatic N) is 3. The number of hydrogen-bond acceptors (Lipinski definition) is 5. The summed E-state index contributed by atoms with van der Waals surface area (Å²) >= 11 is 0. The first-order valence-electron chi connectivity index (χ1n) is 10.0. The van der Waals surface area contributed by atoms with Crippen molar-refractivity contribution in [3.8, 4) is 11.3 Å². The fraction of sp³-hybridized carbons (Fsp3) is 0.435. The minimum Gasteiger partial charge on any atom is -0.441 e. The number of ketones is 1. The Balaban J connectivity index is 1.49. The number of pyridine rings is 1. The summed E-state index contributed by atoms with van der Waals surface area (Å²) in [6, 6.07) is 8.77. The number of Topliss-reactive ketones (excluding diaryl/α,β-unsaturated/α-hetero) is 1. The molecule has 0 aliphatic heterocycles. The highest BCUT2D eigenvalue weighted by molar-refractivity contribution is 5.88. The molecule has 5 nitrogen and oxygen atoms in total. The van der Waals surface area contributed by atoms with Crippen molar-refractivity contribution in [2.45, 2.75) is 45.1 Å². The summed E-state index contributed by atoms with van der Waals surface area (Å²) in [5.41, 5.74) is 1.83. The van der Waals surface area contributed by atoms with E-state index in [1.807, 2.05) is 31.3 Å². The molecule has 0 atom stereocenters. The lowest BCUT2D eigenvalue weighted by atomic mass is 9.82. The zero-order valence-corrected chi connectivity index (χ0v) is 16.8. The van der Waals surface area contributed by atoms with Gasteiger partial charge in [0.15, 0.2) is 11.7 Å². The van der Waals surface area contributed by atoms with Crippen LogP contribution in [0.5, 0.6) is 0 Å². The molecular weight excluding hydrogens is 350 g/mol. The smallest absolute Gasteiger partial charge is 0.191 e. The van der Waals surface area contributed by atoms with Gasteiger partial charge in [0.25, 0.3) is 0 Å². The number of carbonyl (C=O) groups is 1. The first-order chi connectivity index (χ1) is 13.5. The Morgan fingerprint density at radius 1 is 1.07 bits per heavy atom. The topological polar surface area (TPSA) is 59.2 Å². The van der Waals surface area contributed by atoms with Gasteiger partial charge in [-0.1, -0.05) is 12.1 Å². The molecular formula is C23H27N3O2.